The van der Waals surface area contributed by atoms with Crippen LogP contribution in [-0.4, -0.2) is 23.3 Å². The second kappa shape index (κ2) is 6.76. The number of rotatable bonds is 5. The summed E-state index contributed by atoms with van der Waals surface area (Å²) in [5, 5.41) is 0.886. The molecule has 1 atom stereocenters. The van der Waals surface area contributed by atoms with Gasteiger partial charge in [0.1, 0.15) is 0 Å². The molecule has 0 amide bonds. The van der Waals surface area contributed by atoms with Crippen molar-refractivity contribution in [2.24, 2.45) is 0 Å². The number of methoxy groups -OCH3 is 1. The van der Waals surface area contributed by atoms with Gasteiger partial charge in [0, 0.05) is 23.4 Å². The van der Waals surface area contributed by atoms with Gasteiger partial charge in [-0.15, -0.1) is 0 Å². The highest BCUT2D eigenvalue weighted by molar-refractivity contribution is 7.99. The molecular weight excluding hydrogens is 246 g/mol. The van der Waals surface area contributed by atoms with Crippen LogP contribution in [0.2, 0.25) is 5.02 Å². The first-order valence-electron chi connectivity index (χ1n) is 4.90. The predicted octanol–water partition coefficient (Wildman–Crippen LogP) is 2.92. The first kappa shape index (κ1) is 13.3. The molecule has 0 aromatic carbocycles. The molecular formula is C11H14ClNO2S. The van der Waals surface area contributed by atoms with E-state index in [1.54, 1.807) is 24.2 Å². The van der Waals surface area contributed by atoms with Crippen molar-refractivity contribution in [2.45, 2.75) is 24.3 Å². The van der Waals surface area contributed by atoms with Gasteiger partial charge in [-0.3, -0.25) is 9.78 Å². The maximum Gasteiger partial charge on any atom is 0.306 e. The average Bonchev–Trinajstić information content (AvgIpc) is 2.28. The zero-order valence-corrected chi connectivity index (χ0v) is 10.8. The van der Waals surface area contributed by atoms with Gasteiger partial charge in [0.15, 0.2) is 0 Å². The molecule has 0 saturated carbocycles. The number of pyridine rings is 1. The van der Waals surface area contributed by atoms with Crippen LogP contribution in [0.3, 0.4) is 0 Å². The fourth-order valence-corrected chi connectivity index (χ4v) is 2.37. The van der Waals surface area contributed by atoms with Crippen LogP contribution in [0.25, 0.3) is 0 Å². The van der Waals surface area contributed by atoms with E-state index in [0.29, 0.717) is 11.4 Å². The highest BCUT2D eigenvalue weighted by atomic mass is 35.5. The molecule has 1 heterocycles. The fraction of sp³-hybridized carbons (Fsp3) is 0.455. The zero-order chi connectivity index (χ0) is 12.0. The summed E-state index contributed by atoms with van der Waals surface area (Å²) in [4.78, 5) is 14.9. The summed E-state index contributed by atoms with van der Waals surface area (Å²) in [6.07, 6.45) is 3.76. The highest BCUT2D eigenvalue weighted by Gasteiger charge is 2.10. The molecule has 0 aliphatic carbocycles. The third-order valence-corrected chi connectivity index (χ3v) is 3.62. The molecule has 0 bridgehead atoms. The van der Waals surface area contributed by atoms with Crippen molar-refractivity contribution in [2.75, 3.05) is 7.11 Å². The number of hydrogen-bond donors (Lipinski definition) is 0. The van der Waals surface area contributed by atoms with Crippen LogP contribution in [0, 0.1) is 0 Å². The van der Waals surface area contributed by atoms with Crippen molar-refractivity contribution in [1.82, 2.24) is 4.98 Å². The summed E-state index contributed by atoms with van der Waals surface area (Å²) in [5.41, 5.74) is 1.04. The number of halogens is 1. The van der Waals surface area contributed by atoms with Crippen LogP contribution in [0.1, 0.15) is 18.9 Å². The van der Waals surface area contributed by atoms with Gasteiger partial charge in [-0.05, 0) is 11.6 Å². The zero-order valence-electron chi connectivity index (χ0n) is 9.27. The summed E-state index contributed by atoms with van der Waals surface area (Å²) in [7, 11) is 1.40. The van der Waals surface area contributed by atoms with E-state index in [1.807, 2.05) is 13.0 Å². The van der Waals surface area contributed by atoms with E-state index in [4.69, 9.17) is 11.6 Å². The Kier molecular flexibility index (Phi) is 5.63. The molecule has 0 radical (unpaired) electrons. The maximum atomic E-state index is 11.0. The lowest BCUT2D eigenvalue weighted by molar-refractivity contribution is -0.140. The molecule has 0 aliphatic rings. The second-order valence-corrected chi connectivity index (χ2v) is 5.20. The minimum absolute atomic E-state index is 0.180. The van der Waals surface area contributed by atoms with Gasteiger partial charge in [0.05, 0.1) is 18.6 Å². The number of nitrogens with zero attached hydrogens (tertiary/aromatic N) is 1. The first-order chi connectivity index (χ1) is 7.63. The molecule has 3 nitrogen and oxygen atoms in total. The van der Waals surface area contributed by atoms with E-state index in [-0.39, 0.29) is 11.2 Å². The Labute approximate surface area is 105 Å². The van der Waals surface area contributed by atoms with Gasteiger partial charge in [-0.2, -0.15) is 11.8 Å². The lowest BCUT2D eigenvalue weighted by Gasteiger charge is -2.10. The Morgan fingerprint density at radius 3 is 3.06 bits per heavy atom. The predicted molar refractivity (Wildman–Crippen MR) is 66.6 cm³/mol. The molecule has 1 aromatic rings. The third kappa shape index (κ3) is 4.41. The summed E-state index contributed by atoms with van der Waals surface area (Å²) in [6.45, 7) is 2.00. The molecule has 0 N–H and O–H groups in total. The highest BCUT2D eigenvalue weighted by Crippen LogP contribution is 2.24. The first-order valence-corrected chi connectivity index (χ1v) is 6.33. The Bertz CT molecular complexity index is 360. The van der Waals surface area contributed by atoms with Crippen LogP contribution in [0.4, 0.5) is 0 Å². The van der Waals surface area contributed by atoms with Crippen LogP contribution < -0.4 is 0 Å². The van der Waals surface area contributed by atoms with Crippen molar-refractivity contribution in [3.8, 4) is 0 Å². The summed E-state index contributed by atoms with van der Waals surface area (Å²) < 4.78 is 4.61. The number of thioether (sulfide) groups is 1. The van der Waals surface area contributed by atoms with Crippen LogP contribution in [0.15, 0.2) is 18.5 Å². The van der Waals surface area contributed by atoms with E-state index in [1.165, 1.54) is 7.11 Å². The largest absolute Gasteiger partial charge is 0.469 e. The smallest absolute Gasteiger partial charge is 0.306 e. The molecule has 0 aliphatic heterocycles. The third-order valence-electron chi connectivity index (χ3n) is 2.06. The van der Waals surface area contributed by atoms with Crippen molar-refractivity contribution in [3.05, 3.63) is 29.0 Å². The van der Waals surface area contributed by atoms with Crippen LogP contribution >= 0.6 is 23.4 Å². The van der Waals surface area contributed by atoms with Gasteiger partial charge < -0.3 is 4.74 Å². The quantitative estimate of drug-likeness (QED) is 0.763. The molecule has 5 heteroatoms. The van der Waals surface area contributed by atoms with Crippen LogP contribution in [-0.2, 0) is 15.3 Å². The van der Waals surface area contributed by atoms with Gasteiger partial charge in [0.25, 0.3) is 0 Å². The molecule has 1 rings (SSSR count). The Morgan fingerprint density at radius 2 is 2.44 bits per heavy atom. The molecule has 0 saturated heterocycles. The van der Waals surface area contributed by atoms with E-state index in [2.05, 4.69) is 9.72 Å². The van der Waals surface area contributed by atoms with Crippen molar-refractivity contribution < 1.29 is 9.53 Å². The molecule has 16 heavy (non-hydrogen) atoms. The van der Waals surface area contributed by atoms with E-state index in [0.717, 1.165) is 11.3 Å². The lowest BCUT2D eigenvalue weighted by Crippen LogP contribution is -2.08. The summed E-state index contributed by atoms with van der Waals surface area (Å²) in [6, 6.07) is 1.89. The SMILES string of the molecule is COC(=O)CC(C)SCc1ccncc1Cl. The Morgan fingerprint density at radius 1 is 1.69 bits per heavy atom. The van der Waals surface area contributed by atoms with Gasteiger partial charge in [-0.25, -0.2) is 0 Å². The van der Waals surface area contributed by atoms with Crippen molar-refractivity contribution in [1.29, 1.82) is 0 Å². The Balaban J connectivity index is 2.40. The number of carbonyl (C=O) groups excluding carboxylic acids is 1. The molecule has 0 spiro atoms. The van der Waals surface area contributed by atoms with Crippen molar-refractivity contribution >= 4 is 29.3 Å². The number of carbonyl (C=O) groups is 1. The number of hydrogen-bond acceptors (Lipinski definition) is 4. The molecule has 88 valence electrons. The number of ether oxygens (including phenoxy) is 1. The number of aromatic nitrogens is 1. The van der Waals surface area contributed by atoms with Crippen LogP contribution in [0.5, 0.6) is 0 Å². The standard InChI is InChI=1S/C11H14ClNO2S/c1-8(5-11(14)15-2)16-7-9-3-4-13-6-10(9)12/h3-4,6,8H,5,7H2,1-2H3. The van der Waals surface area contributed by atoms with Gasteiger partial charge in [0.2, 0.25) is 0 Å². The van der Waals surface area contributed by atoms with E-state index >= 15 is 0 Å². The van der Waals surface area contributed by atoms with Gasteiger partial charge >= 0.3 is 5.97 Å². The monoisotopic (exact) mass is 259 g/mol. The molecule has 0 fully saturated rings. The number of esters is 1. The fourth-order valence-electron chi connectivity index (χ4n) is 1.13. The maximum absolute atomic E-state index is 11.0. The van der Waals surface area contributed by atoms with E-state index in [9.17, 15) is 4.79 Å². The minimum atomic E-state index is -0.180. The second-order valence-electron chi connectivity index (χ2n) is 3.37. The van der Waals surface area contributed by atoms with Crippen molar-refractivity contribution in [3.63, 3.8) is 0 Å². The minimum Gasteiger partial charge on any atom is -0.469 e. The molecule has 1 aromatic heterocycles. The average molecular weight is 260 g/mol. The topological polar surface area (TPSA) is 39.2 Å². The summed E-state index contributed by atoms with van der Waals surface area (Å²) in [5.74, 6) is 0.598. The normalized spacial score (nSPS) is 12.2. The van der Waals surface area contributed by atoms with Gasteiger partial charge in [-0.1, -0.05) is 18.5 Å². The summed E-state index contributed by atoms with van der Waals surface area (Å²) >= 11 is 7.65. The Hall–Kier alpha value is -0.740. The van der Waals surface area contributed by atoms with E-state index < -0.39 is 0 Å². The molecule has 1 unspecified atom stereocenters. The lowest BCUT2D eigenvalue weighted by atomic mass is 10.3.